The minimum atomic E-state index is -0.875. The number of carbonyl (C=O) groups excluding carboxylic acids is 3. The molecule has 178 valence electrons. The number of phenols is 1. The predicted molar refractivity (Wildman–Crippen MR) is 133 cm³/mol. The van der Waals surface area contributed by atoms with Gasteiger partial charge in [0, 0.05) is 16.6 Å². The van der Waals surface area contributed by atoms with Crippen molar-refractivity contribution < 1.29 is 29.3 Å². The number of ether oxygens (including phenoxy) is 1. The van der Waals surface area contributed by atoms with E-state index in [2.05, 4.69) is 15.9 Å². The monoisotopic (exact) mass is 535 g/mol. The second kappa shape index (κ2) is 9.76. The third kappa shape index (κ3) is 4.70. The summed E-state index contributed by atoms with van der Waals surface area (Å²) in [6.07, 6.45) is 0. The molecule has 2 N–H and O–H groups in total. The molecule has 4 rings (SSSR count). The number of ketones is 1. The van der Waals surface area contributed by atoms with E-state index in [0.717, 1.165) is 10.0 Å². The van der Waals surface area contributed by atoms with E-state index in [4.69, 9.17) is 4.74 Å². The summed E-state index contributed by atoms with van der Waals surface area (Å²) in [6, 6.07) is 16.9. The van der Waals surface area contributed by atoms with Crippen molar-refractivity contribution in [3.63, 3.8) is 0 Å². The van der Waals surface area contributed by atoms with E-state index < -0.39 is 23.7 Å². The number of methoxy groups -OCH3 is 1. The van der Waals surface area contributed by atoms with Gasteiger partial charge in [-0.25, -0.2) is 4.79 Å². The average Bonchev–Trinajstić information content (AvgIpc) is 3.10. The van der Waals surface area contributed by atoms with E-state index in [9.17, 15) is 24.6 Å². The molecule has 1 amide bonds. The summed E-state index contributed by atoms with van der Waals surface area (Å²) in [7, 11) is 1.29. The molecule has 8 heteroatoms. The third-order valence-corrected chi connectivity index (χ3v) is 6.80. The lowest BCUT2D eigenvalue weighted by atomic mass is 9.94. The van der Waals surface area contributed by atoms with Crippen molar-refractivity contribution in [3.8, 4) is 5.75 Å². The van der Waals surface area contributed by atoms with Crippen LogP contribution in [0.5, 0.6) is 5.75 Å². The van der Waals surface area contributed by atoms with Crippen molar-refractivity contribution in [1.29, 1.82) is 0 Å². The number of esters is 1. The van der Waals surface area contributed by atoms with E-state index in [-0.39, 0.29) is 23.6 Å². The summed E-state index contributed by atoms with van der Waals surface area (Å²) >= 11 is 3.42. The number of amides is 1. The number of nitrogens with zero attached hydrogens (tertiary/aromatic N) is 1. The summed E-state index contributed by atoms with van der Waals surface area (Å²) in [5, 5.41) is 20.9. The van der Waals surface area contributed by atoms with Crippen LogP contribution in [0.1, 0.15) is 38.7 Å². The quantitative estimate of drug-likeness (QED) is 0.209. The molecule has 0 aliphatic carbocycles. The van der Waals surface area contributed by atoms with Crippen LogP contribution >= 0.6 is 15.9 Å². The number of aromatic hydroxyl groups is 1. The first-order chi connectivity index (χ1) is 16.7. The molecule has 1 unspecified atom stereocenters. The Labute approximate surface area is 210 Å². The molecule has 1 aliphatic heterocycles. The Morgan fingerprint density at radius 2 is 1.63 bits per heavy atom. The summed E-state index contributed by atoms with van der Waals surface area (Å²) in [4.78, 5) is 39.4. The Kier molecular flexibility index (Phi) is 6.75. The molecule has 35 heavy (non-hydrogen) atoms. The molecule has 1 fully saturated rings. The molecular formula is C27H22BrNO6. The van der Waals surface area contributed by atoms with Crippen LogP contribution in [0.15, 0.2) is 76.8 Å². The van der Waals surface area contributed by atoms with Gasteiger partial charge in [-0.3, -0.25) is 9.59 Å². The van der Waals surface area contributed by atoms with E-state index in [1.165, 1.54) is 24.1 Å². The highest BCUT2D eigenvalue weighted by Crippen LogP contribution is 2.41. The molecule has 0 bridgehead atoms. The zero-order valence-corrected chi connectivity index (χ0v) is 20.6. The molecule has 0 radical (unpaired) electrons. The maximum absolute atomic E-state index is 13.2. The van der Waals surface area contributed by atoms with Gasteiger partial charge >= 0.3 is 5.97 Å². The third-order valence-electron chi connectivity index (χ3n) is 5.91. The highest BCUT2D eigenvalue weighted by Gasteiger charge is 2.46. The molecule has 1 aliphatic rings. The second-order valence-electron chi connectivity index (χ2n) is 8.17. The van der Waals surface area contributed by atoms with Crippen molar-refractivity contribution in [2.45, 2.75) is 19.5 Å². The molecule has 3 aromatic rings. The lowest BCUT2D eigenvalue weighted by Gasteiger charge is -2.25. The molecule has 1 heterocycles. The van der Waals surface area contributed by atoms with Crippen LogP contribution in [-0.2, 0) is 20.9 Å². The minimum Gasteiger partial charge on any atom is -0.508 e. The molecule has 0 aromatic heterocycles. The molecule has 0 spiro atoms. The van der Waals surface area contributed by atoms with Crippen LogP contribution in [0, 0.1) is 6.92 Å². The van der Waals surface area contributed by atoms with Crippen LogP contribution in [0.2, 0.25) is 0 Å². The maximum Gasteiger partial charge on any atom is 0.337 e. The number of hydrogen-bond acceptors (Lipinski definition) is 6. The standard InChI is InChI=1S/C27H22BrNO6/c1-15-13-19(9-12-21(15)28)24(31)22-23(17-7-10-20(30)11-8-17)29(26(33)25(22)32)14-16-3-5-18(6-4-16)27(34)35-2/h3-13,23,30-31H,14H2,1-2H3/b24-22-. The number of hydrogen-bond donors (Lipinski definition) is 2. The number of rotatable bonds is 5. The highest BCUT2D eigenvalue weighted by atomic mass is 79.9. The summed E-state index contributed by atoms with van der Waals surface area (Å²) < 4.78 is 5.57. The fraction of sp³-hybridized carbons (Fsp3) is 0.148. The Morgan fingerprint density at radius 1 is 1.00 bits per heavy atom. The van der Waals surface area contributed by atoms with Crippen LogP contribution in [0.25, 0.3) is 5.76 Å². The van der Waals surface area contributed by atoms with Gasteiger partial charge < -0.3 is 19.8 Å². The minimum absolute atomic E-state index is 0.0337. The number of aliphatic hydroxyl groups excluding tert-OH is 1. The molecule has 3 aromatic carbocycles. The van der Waals surface area contributed by atoms with E-state index in [1.807, 2.05) is 6.92 Å². The highest BCUT2D eigenvalue weighted by molar-refractivity contribution is 9.10. The normalized spacial score (nSPS) is 17.0. The molecular weight excluding hydrogens is 514 g/mol. The number of aryl methyl sites for hydroxylation is 1. The Bertz CT molecular complexity index is 1350. The molecule has 0 saturated carbocycles. The van der Waals surface area contributed by atoms with Gasteiger partial charge in [-0.15, -0.1) is 0 Å². The summed E-state index contributed by atoms with van der Waals surface area (Å²) in [5.41, 5.74) is 2.84. The lowest BCUT2D eigenvalue weighted by Crippen LogP contribution is -2.29. The van der Waals surface area contributed by atoms with Gasteiger partial charge in [-0.1, -0.05) is 46.3 Å². The van der Waals surface area contributed by atoms with Gasteiger partial charge in [0.05, 0.1) is 24.3 Å². The van der Waals surface area contributed by atoms with Gasteiger partial charge in [0.15, 0.2) is 0 Å². The number of aliphatic hydroxyl groups is 1. The van der Waals surface area contributed by atoms with Gasteiger partial charge in [0.2, 0.25) is 0 Å². The van der Waals surface area contributed by atoms with E-state index >= 15 is 0 Å². The number of likely N-dealkylation sites (tertiary alicyclic amines) is 1. The predicted octanol–water partition coefficient (Wildman–Crippen LogP) is 4.87. The number of halogens is 1. The lowest BCUT2D eigenvalue weighted by molar-refractivity contribution is -0.140. The second-order valence-corrected chi connectivity index (χ2v) is 9.03. The van der Waals surface area contributed by atoms with Gasteiger partial charge in [-0.05, 0) is 60.0 Å². The van der Waals surface area contributed by atoms with Crippen molar-refractivity contribution in [1.82, 2.24) is 4.90 Å². The molecule has 1 saturated heterocycles. The Hall–Kier alpha value is -3.91. The Morgan fingerprint density at radius 3 is 2.23 bits per heavy atom. The largest absolute Gasteiger partial charge is 0.508 e. The first-order valence-corrected chi connectivity index (χ1v) is 11.5. The molecule has 7 nitrogen and oxygen atoms in total. The van der Waals surface area contributed by atoms with Crippen molar-refractivity contribution >= 4 is 39.3 Å². The number of Topliss-reactive ketones (excluding diaryl/α,β-unsaturated/α-hetero) is 1. The zero-order valence-electron chi connectivity index (χ0n) is 19.0. The summed E-state index contributed by atoms with van der Waals surface area (Å²) in [6.45, 7) is 1.92. The smallest absolute Gasteiger partial charge is 0.337 e. The van der Waals surface area contributed by atoms with Gasteiger partial charge in [-0.2, -0.15) is 0 Å². The number of phenolic OH excluding ortho intramolecular Hbond substituents is 1. The summed E-state index contributed by atoms with van der Waals surface area (Å²) in [5.74, 6) is -2.28. The zero-order chi connectivity index (χ0) is 25.3. The van der Waals surface area contributed by atoms with Crippen molar-refractivity contribution in [2.75, 3.05) is 7.11 Å². The van der Waals surface area contributed by atoms with Crippen molar-refractivity contribution in [3.05, 3.63) is 105 Å². The van der Waals surface area contributed by atoms with Gasteiger partial charge in [0.25, 0.3) is 11.7 Å². The van der Waals surface area contributed by atoms with Gasteiger partial charge in [0.1, 0.15) is 11.5 Å². The average molecular weight is 536 g/mol. The maximum atomic E-state index is 13.2. The first kappa shape index (κ1) is 24.2. The first-order valence-electron chi connectivity index (χ1n) is 10.7. The number of benzene rings is 3. The number of carbonyl (C=O) groups is 3. The fourth-order valence-corrected chi connectivity index (χ4v) is 4.30. The van der Waals surface area contributed by atoms with Crippen LogP contribution < -0.4 is 0 Å². The van der Waals surface area contributed by atoms with Crippen LogP contribution in [0.3, 0.4) is 0 Å². The SMILES string of the molecule is COC(=O)c1ccc(CN2C(=O)C(=O)/C(=C(\O)c3ccc(Br)c(C)c3)C2c2ccc(O)cc2)cc1. The van der Waals surface area contributed by atoms with Crippen molar-refractivity contribution in [2.24, 2.45) is 0 Å². The fourth-order valence-electron chi connectivity index (χ4n) is 4.05. The van der Waals surface area contributed by atoms with Crippen LogP contribution in [0.4, 0.5) is 0 Å². The van der Waals surface area contributed by atoms with E-state index in [1.54, 1.807) is 54.6 Å². The van der Waals surface area contributed by atoms with E-state index in [0.29, 0.717) is 22.3 Å². The topological polar surface area (TPSA) is 104 Å². The van der Waals surface area contributed by atoms with Crippen LogP contribution in [-0.4, -0.2) is 39.9 Å². The Balaban J connectivity index is 1.80. The molecule has 1 atom stereocenters.